The fourth-order valence-electron chi connectivity index (χ4n) is 3.09. The molecule has 0 aromatic carbocycles. The van der Waals surface area contributed by atoms with Gasteiger partial charge in [0.15, 0.2) is 0 Å². The topological polar surface area (TPSA) is 86.4 Å². The standard InChI is InChI=1S/C18H36O2.C5H14N2O/c1-2-3-4-5-6-7-8-9-10-11-12-13-14-15-16-17-18(19)20;1-4-5(6)7(2,3)8/h2-17H2,1H3,(H,19,20);5H,4,6H2,1-3H3. The minimum Gasteiger partial charge on any atom is -0.632 e. The number of carboxylic acid groups (broad SMARTS) is 1. The van der Waals surface area contributed by atoms with Crippen molar-refractivity contribution in [3.63, 3.8) is 0 Å². The second-order valence-electron chi connectivity index (χ2n) is 8.50. The van der Waals surface area contributed by atoms with E-state index < -0.39 is 10.6 Å². The third kappa shape index (κ3) is 25.4. The van der Waals surface area contributed by atoms with Crippen LogP contribution < -0.4 is 5.73 Å². The van der Waals surface area contributed by atoms with Gasteiger partial charge in [-0.25, -0.2) is 0 Å². The first kappa shape index (κ1) is 29.6. The van der Waals surface area contributed by atoms with E-state index in [1.807, 2.05) is 6.92 Å². The molecular weight excluding hydrogens is 352 g/mol. The normalized spacial score (nSPS) is 12.4. The molecule has 1 atom stereocenters. The minimum absolute atomic E-state index is 0.269. The number of hydrogen-bond donors (Lipinski definition) is 2. The predicted molar refractivity (Wildman–Crippen MR) is 121 cm³/mol. The molecule has 0 saturated carbocycles. The molecule has 28 heavy (non-hydrogen) atoms. The molecule has 0 aliphatic rings. The molecule has 0 aromatic rings. The number of carboxylic acids is 1. The molecule has 0 aromatic heterocycles. The summed E-state index contributed by atoms with van der Waals surface area (Å²) in [6, 6.07) is 0. The number of aliphatic carboxylic acids is 1. The summed E-state index contributed by atoms with van der Waals surface area (Å²) in [6.07, 6.45) is 20.7. The Morgan fingerprint density at radius 3 is 1.32 bits per heavy atom. The van der Waals surface area contributed by atoms with Gasteiger partial charge in [0.05, 0.1) is 14.1 Å². The molecule has 170 valence electrons. The van der Waals surface area contributed by atoms with Crippen LogP contribution >= 0.6 is 0 Å². The van der Waals surface area contributed by atoms with Gasteiger partial charge >= 0.3 is 5.97 Å². The molecule has 0 heterocycles. The fourth-order valence-corrected chi connectivity index (χ4v) is 3.09. The maximum atomic E-state index is 10.8. The highest BCUT2D eigenvalue weighted by Crippen LogP contribution is 2.13. The number of carbonyl (C=O) groups is 1. The lowest BCUT2D eigenvalue weighted by Crippen LogP contribution is -2.48. The molecule has 0 rings (SSSR count). The summed E-state index contributed by atoms with van der Waals surface area (Å²) < 4.78 is -0.392. The Bertz CT molecular complexity index is 330. The van der Waals surface area contributed by atoms with Gasteiger partial charge in [-0.05, 0) is 6.42 Å². The molecule has 0 aliphatic heterocycles. The van der Waals surface area contributed by atoms with E-state index in [4.69, 9.17) is 10.8 Å². The molecule has 5 nitrogen and oxygen atoms in total. The lowest BCUT2D eigenvalue weighted by molar-refractivity contribution is -0.866. The number of rotatable bonds is 18. The largest absolute Gasteiger partial charge is 0.632 e. The van der Waals surface area contributed by atoms with Crippen LogP contribution in [-0.4, -0.2) is 36.0 Å². The van der Waals surface area contributed by atoms with Gasteiger partial charge in [-0.2, -0.15) is 0 Å². The molecule has 0 bridgehead atoms. The van der Waals surface area contributed by atoms with E-state index >= 15 is 0 Å². The third-order valence-corrected chi connectivity index (χ3v) is 5.21. The van der Waals surface area contributed by atoms with E-state index in [0.717, 1.165) is 19.3 Å². The monoisotopic (exact) mass is 402 g/mol. The molecule has 3 N–H and O–H groups in total. The summed E-state index contributed by atoms with van der Waals surface area (Å²) in [5.41, 5.74) is 5.41. The van der Waals surface area contributed by atoms with Crippen LogP contribution in [0.5, 0.6) is 0 Å². The molecular formula is C23H50N2O3. The Morgan fingerprint density at radius 2 is 1.11 bits per heavy atom. The maximum Gasteiger partial charge on any atom is 0.303 e. The van der Waals surface area contributed by atoms with Gasteiger partial charge in [0.2, 0.25) is 0 Å². The Hall–Kier alpha value is -0.650. The van der Waals surface area contributed by atoms with E-state index in [9.17, 15) is 10.0 Å². The van der Waals surface area contributed by atoms with Crippen molar-refractivity contribution in [2.45, 2.75) is 129 Å². The Kier molecular flexibility index (Phi) is 22.2. The van der Waals surface area contributed by atoms with E-state index in [1.54, 1.807) is 14.1 Å². The van der Waals surface area contributed by atoms with Gasteiger partial charge in [0.1, 0.15) is 6.17 Å². The summed E-state index contributed by atoms with van der Waals surface area (Å²) >= 11 is 0. The van der Waals surface area contributed by atoms with Crippen LogP contribution in [0, 0.1) is 5.21 Å². The highest BCUT2D eigenvalue weighted by atomic mass is 16.5. The Balaban J connectivity index is 0. The summed E-state index contributed by atoms with van der Waals surface area (Å²) in [4.78, 5) is 10.3. The van der Waals surface area contributed by atoms with Crippen molar-refractivity contribution in [1.82, 2.24) is 0 Å². The highest BCUT2D eigenvalue weighted by molar-refractivity contribution is 5.66. The van der Waals surface area contributed by atoms with Crippen LogP contribution in [0.3, 0.4) is 0 Å². The molecule has 0 aliphatic carbocycles. The lowest BCUT2D eigenvalue weighted by Gasteiger charge is -2.38. The van der Waals surface area contributed by atoms with E-state index in [2.05, 4.69) is 6.92 Å². The zero-order valence-electron chi connectivity index (χ0n) is 19.4. The zero-order chi connectivity index (χ0) is 21.7. The van der Waals surface area contributed by atoms with E-state index in [0.29, 0.717) is 6.42 Å². The van der Waals surface area contributed by atoms with Gasteiger partial charge in [0.25, 0.3) is 0 Å². The van der Waals surface area contributed by atoms with Crippen LogP contribution in [0.15, 0.2) is 0 Å². The smallest absolute Gasteiger partial charge is 0.303 e. The molecule has 5 heteroatoms. The number of hydrogen-bond acceptors (Lipinski definition) is 3. The van der Waals surface area contributed by atoms with Crippen molar-refractivity contribution >= 4 is 5.97 Å². The fraction of sp³-hybridized carbons (Fsp3) is 0.957. The second kappa shape index (κ2) is 21.1. The SMILES string of the molecule is CCC(N)[N+](C)(C)[O-].CCCCCCCCCCCCCCCCCC(=O)O. The number of quaternary nitrogens is 1. The summed E-state index contributed by atoms with van der Waals surface area (Å²) in [6.45, 7) is 4.18. The highest BCUT2D eigenvalue weighted by Gasteiger charge is 2.10. The first-order chi connectivity index (χ1) is 13.3. The Morgan fingerprint density at radius 1 is 0.786 bits per heavy atom. The average molecular weight is 403 g/mol. The molecule has 0 spiro atoms. The van der Waals surface area contributed by atoms with Crippen molar-refractivity contribution in [1.29, 1.82) is 0 Å². The van der Waals surface area contributed by atoms with Gasteiger partial charge in [-0.1, -0.05) is 104 Å². The van der Waals surface area contributed by atoms with E-state index in [1.165, 1.54) is 83.5 Å². The van der Waals surface area contributed by atoms with Crippen molar-refractivity contribution < 1.29 is 14.5 Å². The van der Waals surface area contributed by atoms with Crippen LogP contribution in [0.25, 0.3) is 0 Å². The zero-order valence-corrected chi connectivity index (χ0v) is 19.4. The van der Waals surface area contributed by atoms with Crippen molar-refractivity contribution in [3.05, 3.63) is 5.21 Å². The van der Waals surface area contributed by atoms with Gasteiger partial charge in [-0.15, -0.1) is 0 Å². The summed E-state index contributed by atoms with van der Waals surface area (Å²) in [5, 5.41) is 19.4. The van der Waals surface area contributed by atoms with Gasteiger partial charge in [-0.3, -0.25) is 10.5 Å². The number of unbranched alkanes of at least 4 members (excludes halogenated alkanes) is 14. The van der Waals surface area contributed by atoms with Crippen LogP contribution in [0.4, 0.5) is 0 Å². The van der Waals surface area contributed by atoms with Crippen LogP contribution in [-0.2, 0) is 4.79 Å². The van der Waals surface area contributed by atoms with Crippen molar-refractivity contribution in [3.8, 4) is 0 Å². The van der Waals surface area contributed by atoms with Crippen LogP contribution in [0.2, 0.25) is 0 Å². The summed E-state index contributed by atoms with van der Waals surface area (Å²) in [5.74, 6) is -0.653. The molecule has 0 saturated heterocycles. The van der Waals surface area contributed by atoms with Crippen molar-refractivity contribution in [2.75, 3.05) is 14.1 Å². The number of nitrogens with zero attached hydrogens (tertiary/aromatic N) is 1. The van der Waals surface area contributed by atoms with Gasteiger partial charge in [0, 0.05) is 12.8 Å². The first-order valence-electron chi connectivity index (χ1n) is 11.8. The number of nitrogens with two attached hydrogens (primary N) is 1. The number of hydroxylamine groups is 3. The minimum atomic E-state index is -0.653. The molecule has 0 fully saturated rings. The van der Waals surface area contributed by atoms with E-state index in [-0.39, 0.29) is 6.17 Å². The molecule has 0 radical (unpaired) electrons. The van der Waals surface area contributed by atoms with Gasteiger partial charge < -0.3 is 15.0 Å². The maximum absolute atomic E-state index is 10.8. The second-order valence-corrected chi connectivity index (χ2v) is 8.50. The third-order valence-electron chi connectivity index (χ3n) is 5.21. The first-order valence-corrected chi connectivity index (χ1v) is 11.8. The quantitative estimate of drug-likeness (QED) is 0.117. The van der Waals surface area contributed by atoms with Crippen molar-refractivity contribution in [2.24, 2.45) is 5.73 Å². The Labute approximate surface area is 175 Å². The molecule has 0 amide bonds. The molecule has 1 unspecified atom stereocenters. The summed E-state index contributed by atoms with van der Waals surface area (Å²) in [7, 11) is 3.10. The average Bonchev–Trinajstić information content (AvgIpc) is 2.63. The van der Waals surface area contributed by atoms with Crippen LogP contribution in [0.1, 0.15) is 123 Å². The predicted octanol–water partition coefficient (Wildman–Crippen LogP) is 6.59. The lowest BCUT2D eigenvalue weighted by atomic mass is 10.0.